The smallest absolute Gasteiger partial charge is 0.271 e. The van der Waals surface area contributed by atoms with Gasteiger partial charge in [0, 0.05) is 17.7 Å². The molecule has 0 radical (unpaired) electrons. The molecule has 7 nitrogen and oxygen atoms in total. The predicted octanol–water partition coefficient (Wildman–Crippen LogP) is 3.53. The summed E-state index contributed by atoms with van der Waals surface area (Å²) in [5, 5.41) is 10.7. The molecule has 2 aromatic rings. The van der Waals surface area contributed by atoms with Crippen molar-refractivity contribution in [3.63, 3.8) is 0 Å². The molecule has 0 atom stereocenters. The van der Waals surface area contributed by atoms with Crippen LogP contribution in [-0.4, -0.2) is 31.5 Å². The summed E-state index contributed by atoms with van der Waals surface area (Å²) in [7, 11) is 2.97. The third-order valence-electron chi connectivity index (χ3n) is 3.19. The number of halogens is 1. The SMILES string of the molecule is COc1ccc(C(=O)COc2ccc([N+](=O)[O-])cc2Cl)cc1OC. The van der Waals surface area contributed by atoms with E-state index in [0.717, 1.165) is 6.07 Å². The normalized spacial score (nSPS) is 10.1. The number of hydrogen-bond donors (Lipinski definition) is 0. The second kappa shape index (κ2) is 7.65. The largest absolute Gasteiger partial charge is 0.493 e. The van der Waals surface area contributed by atoms with E-state index in [4.69, 9.17) is 25.8 Å². The van der Waals surface area contributed by atoms with Crippen molar-refractivity contribution in [1.29, 1.82) is 0 Å². The molecule has 0 unspecified atom stereocenters. The number of ether oxygens (including phenoxy) is 3. The number of hydrogen-bond acceptors (Lipinski definition) is 6. The molecule has 0 bridgehead atoms. The van der Waals surface area contributed by atoms with Crippen LogP contribution in [0.1, 0.15) is 10.4 Å². The highest BCUT2D eigenvalue weighted by atomic mass is 35.5. The van der Waals surface area contributed by atoms with Gasteiger partial charge in [-0.15, -0.1) is 0 Å². The Morgan fingerprint density at radius 1 is 1.08 bits per heavy atom. The molecule has 126 valence electrons. The predicted molar refractivity (Wildman–Crippen MR) is 87.5 cm³/mol. The van der Waals surface area contributed by atoms with Crippen LogP contribution >= 0.6 is 11.6 Å². The molecule has 0 spiro atoms. The van der Waals surface area contributed by atoms with Crippen molar-refractivity contribution in [2.24, 2.45) is 0 Å². The van der Waals surface area contributed by atoms with Crippen molar-refractivity contribution in [2.75, 3.05) is 20.8 Å². The third kappa shape index (κ3) is 3.94. The Balaban J connectivity index is 2.09. The number of non-ortho nitro benzene ring substituents is 1. The average molecular weight is 352 g/mol. The first kappa shape index (κ1) is 17.6. The summed E-state index contributed by atoms with van der Waals surface area (Å²) < 4.78 is 15.6. The molecule has 8 heteroatoms. The quantitative estimate of drug-likeness (QED) is 0.431. The van der Waals surface area contributed by atoms with Crippen LogP contribution in [0.5, 0.6) is 17.2 Å². The number of benzene rings is 2. The van der Waals surface area contributed by atoms with E-state index in [0.29, 0.717) is 17.1 Å². The Morgan fingerprint density at radius 3 is 2.33 bits per heavy atom. The lowest BCUT2D eigenvalue weighted by molar-refractivity contribution is -0.384. The minimum atomic E-state index is -0.565. The van der Waals surface area contributed by atoms with Crippen molar-refractivity contribution in [3.8, 4) is 17.2 Å². The zero-order valence-corrected chi connectivity index (χ0v) is 13.7. The van der Waals surface area contributed by atoms with Gasteiger partial charge < -0.3 is 14.2 Å². The summed E-state index contributed by atoms with van der Waals surface area (Å²) in [4.78, 5) is 22.3. The fraction of sp³-hybridized carbons (Fsp3) is 0.188. The lowest BCUT2D eigenvalue weighted by atomic mass is 10.1. The van der Waals surface area contributed by atoms with Crippen LogP contribution in [-0.2, 0) is 0 Å². The number of nitro groups is 1. The Labute approximate surface area is 142 Å². The maximum absolute atomic E-state index is 12.2. The lowest BCUT2D eigenvalue weighted by Crippen LogP contribution is -2.12. The molecule has 0 aliphatic heterocycles. The first-order chi connectivity index (χ1) is 11.5. The Hall–Kier alpha value is -2.80. The van der Waals surface area contributed by atoms with Crippen LogP contribution < -0.4 is 14.2 Å². The maximum atomic E-state index is 12.2. The molecule has 2 rings (SSSR count). The fourth-order valence-corrected chi connectivity index (χ4v) is 2.19. The van der Waals surface area contributed by atoms with Gasteiger partial charge in [-0.2, -0.15) is 0 Å². The van der Waals surface area contributed by atoms with Crippen molar-refractivity contribution in [2.45, 2.75) is 0 Å². The zero-order valence-electron chi connectivity index (χ0n) is 12.9. The van der Waals surface area contributed by atoms with Gasteiger partial charge in [0.2, 0.25) is 0 Å². The molecule has 0 saturated heterocycles. The number of nitro benzene ring substituents is 1. The molecule has 2 aromatic carbocycles. The molecular formula is C16H14ClNO6. The highest BCUT2D eigenvalue weighted by Crippen LogP contribution is 2.30. The Morgan fingerprint density at radius 2 is 1.75 bits per heavy atom. The maximum Gasteiger partial charge on any atom is 0.271 e. The van der Waals surface area contributed by atoms with E-state index in [2.05, 4.69) is 0 Å². The highest BCUT2D eigenvalue weighted by molar-refractivity contribution is 6.32. The molecule has 24 heavy (non-hydrogen) atoms. The van der Waals surface area contributed by atoms with Crippen molar-refractivity contribution >= 4 is 23.1 Å². The van der Waals surface area contributed by atoms with Gasteiger partial charge in [0.1, 0.15) is 5.75 Å². The van der Waals surface area contributed by atoms with Crippen molar-refractivity contribution < 1.29 is 23.9 Å². The molecule has 0 aliphatic carbocycles. The van der Waals surface area contributed by atoms with E-state index >= 15 is 0 Å². The fourth-order valence-electron chi connectivity index (χ4n) is 1.96. The zero-order chi connectivity index (χ0) is 17.7. The molecule has 0 saturated carbocycles. The Kier molecular flexibility index (Phi) is 5.59. The van der Waals surface area contributed by atoms with E-state index in [-0.39, 0.29) is 28.8 Å². The number of ketones is 1. The van der Waals surface area contributed by atoms with Gasteiger partial charge in [0.25, 0.3) is 5.69 Å². The van der Waals surface area contributed by atoms with Crippen LogP contribution in [0.25, 0.3) is 0 Å². The molecule has 0 amide bonds. The number of methoxy groups -OCH3 is 2. The first-order valence-electron chi connectivity index (χ1n) is 6.78. The summed E-state index contributed by atoms with van der Waals surface area (Å²) in [5.74, 6) is 0.826. The summed E-state index contributed by atoms with van der Waals surface area (Å²) >= 11 is 5.91. The summed E-state index contributed by atoms with van der Waals surface area (Å²) in [5.41, 5.74) is 0.226. The van der Waals surface area contributed by atoms with E-state index in [1.165, 1.54) is 26.4 Å². The topological polar surface area (TPSA) is 87.9 Å². The van der Waals surface area contributed by atoms with Gasteiger partial charge in [-0.05, 0) is 24.3 Å². The van der Waals surface area contributed by atoms with Crippen molar-refractivity contribution in [3.05, 3.63) is 57.1 Å². The second-order valence-corrected chi connectivity index (χ2v) is 5.06. The van der Waals surface area contributed by atoms with Crippen LogP contribution in [0.3, 0.4) is 0 Å². The van der Waals surface area contributed by atoms with E-state index in [1.54, 1.807) is 18.2 Å². The molecule has 0 heterocycles. The van der Waals surface area contributed by atoms with Crippen LogP contribution in [0.4, 0.5) is 5.69 Å². The van der Waals surface area contributed by atoms with Crippen LogP contribution in [0.2, 0.25) is 5.02 Å². The first-order valence-corrected chi connectivity index (χ1v) is 7.16. The van der Waals surface area contributed by atoms with E-state index in [9.17, 15) is 14.9 Å². The lowest BCUT2D eigenvalue weighted by Gasteiger charge is -2.10. The van der Waals surface area contributed by atoms with Gasteiger partial charge >= 0.3 is 0 Å². The summed E-state index contributed by atoms with van der Waals surface area (Å²) in [6.07, 6.45) is 0. The minimum absolute atomic E-state index is 0.0595. The summed E-state index contributed by atoms with van der Waals surface area (Å²) in [6.45, 7) is -0.271. The number of rotatable bonds is 7. The monoisotopic (exact) mass is 351 g/mol. The highest BCUT2D eigenvalue weighted by Gasteiger charge is 2.14. The van der Waals surface area contributed by atoms with Gasteiger partial charge in [-0.3, -0.25) is 14.9 Å². The van der Waals surface area contributed by atoms with Crippen LogP contribution in [0, 0.1) is 10.1 Å². The average Bonchev–Trinajstić information content (AvgIpc) is 2.59. The van der Waals surface area contributed by atoms with Gasteiger partial charge in [0.05, 0.1) is 24.2 Å². The van der Waals surface area contributed by atoms with Crippen LogP contribution in [0.15, 0.2) is 36.4 Å². The molecule has 0 aromatic heterocycles. The number of nitrogens with zero attached hydrogens (tertiary/aromatic N) is 1. The van der Waals surface area contributed by atoms with Gasteiger partial charge in [-0.25, -0.2) is 0 Å². The summed E-state index contributed by atoms with van der Waals surface area (Å²) in [6, 6.07) is 8.51. The number of carbonyl (C=O) groups excluding carboxylic acids is 1. The minimum Gasteiger partial charge on any atom is -0.493 e. The molecular weight excluding hydrogens is 338 g/mol. The second-order valence-electron chi connectivity index (χ2n) is 4.65. The number of carbonyl (C=O) groups is 1. The number of Topliss-reactive ketones (excluding diaryl/α,β-unsaturated/α-hetero) is 1. The van der Waals surface area contributed by atoms with Crippen molar-refractivity contribution in [1.82, 2.24) is 0 Å². The third-order valence-corrected chi connectivity index (χ3v) is 3.49. The molecule has 0 aliphatic rings. The van der Waals surface area contributed by atoms with Gasteiger partial charge in [-0.1, -0.05) is 11.6 Å². The van der Waals surface area contributed by atoms with E-state index in [1.807, 2.05) is 0 Å². The molecule has 0 N–H and O–H groups in total. The standard InChI is InChI=1S/C16H14ClNO6/c1-22-15-5-3-10(7-16(15)23-2)13(19)9-24-14-6-4-11(18(20)21)8-12(14)17/h3-8H,9H2,1-2H3. The Bertz CT molecular complexity index is 777. The molecule has 0 fully saturated rings. The van der Waals surface area contributed by atoms with Gasteiger partial charge in [0.15, 0.2) is 23.9 Å². The van der Waals surface area contributed by atoms with E-state index < -0.39 is 4.92 Å².